The molecule has 5 nitrogen and oxygen atoms in total. The van der Waals surface area contributed by atoms with E-state index in [4.69, 9.17) is 0 Å². The Balaban J connectivity index is 1.63. The zero-order chi connectivity index (χ0) is 13.9. The van der Waals surface area contributed by atoms with Crippen LogP contribution in [-0.4, -0.2) is 54.1 Å². The van der Waals surface area contributed by atoms with Crippen molar-refractivity contribution in [1.29, 1.82) is 0 Å². The van der Waals surface area contributed by atoms with Gasteiger partial charge in [-0.15, -0.1) is 0 Å². The molecular formula is C15H25N5. The maximum Gasteiger partial charge on any atom is 0.137 e. The van der Waals surface area contributed by atoms with E-state index in [1.165, 1.54) is 24.9 Å². The highest BCUT2D eigenvalue weighted by Crippen LogP contribution is 2.30. The SMILES string of the molecule is CCNc1ncnc(N2CCN(CC3CC3)CC2)c1C. The molecular weight excluding hydrogens is 250 g/mol. The molecule has 5 heteroatoms. The van der Waals surface area contributed by atoms with Gasteiger partial charge in [-0.3, -0.25) is 4.90 Å². The number of aromatic nitrogens is 2. The van der Waals surface area contributed by atoms with Gasteiger partial charge in [0.2, 0.25) is 0 Å². The van der Waals surface area contributed by atoms with E-state index in [0.717, 1.165) is 50.3 Å². The molecule has 1 aromatic rings. The van der Waals surface area contributed by atoms with Gasteiger partial charge in [0.05, 0.1) is 0 Å². The number of nitrogens with zero attached hydrogens (tertiary/aromatic N) is 4. The summed E-state index contributed by atoms with van der Waals surface area (Å²) in [6, 6.07) is 0. The molecule has 0 radical (unpaired) electrons. The molecule has 1 aliphatic heterocycles. The van der Waals surface area contributed by atoms with Gasteiger partial charge in [-0.25, -0.2) is 9.97 Å². The third-order valence-electron chi connectivity index (χ3n) is 4.29. The summed E-state index contributed by atoms with van der Waals surface area (Å²) >= 11 is 0. The fourth-order valence-electron chi connectivity index (χ4n) is 2.91. The molecule has 1 saturated carbocycles. The van der Waals surface area contributed by atoms with Gasteiger partial charge in [0, 0.05) is 44.8 Å². The molecule has 0 aromatic carbocycles. The van der Waals surface area contributed by atoms with E-state index in [1.807, 2.05) is 0 Å². The van der Waals surface area contributed by atoms with E-state index >= 15 is 0 Å². The Morgan fingerprint density at radius 3 is 2.60 bits per heavy atom. The fourth-order valence-corrected chi connectivity index (χ4v) is 2.91. The maximum absolute atomic E-state index is 4.50. The Hall–Kier alpha value is -1.36. The van der Waals surface area contributed by atoms with Crippen molar-refractivity contribution in [3.63, 3.8) is 0 Å². The van der Waals surface area contributed by atoms with E-state index in [2.05, 4.69) is 38.9 Å². The molecule has 0 unspecified atom stereocenters. The molecule has 110 valence electrons. The minimum absolute atomic E-state index is 0.895. The maximum atomic E-state index is 4.50. The molecule has 0 spiro atoms. The molecule has 1 aliphatic carbocycles. The second-order valence-electron chi connectivity index (χ2n) is 5.93. The minimum atomic E-state index is 0.895. The Morgan fingerprint density at radius 1 is 1.20 bits per heavy atom. The average molecular weight is 275 g/mol. The van der Waals surface area contributed by atoms with Crippen molar-refractivity contribution in [3.05, 3.63) is 11.9 Å². The first-order valence-electron chi connectivity index (χ1n) is 7.80. The van der Waals surface area contributed by atoms with Gasteiger partial charge < -0.3 is 10.2 Å². The minimum Gasteiger partial charge on any atom is -0.370 e. The van der Waals surface area contributed by atoms with Crippen molar-refractivity contribution in [1.82, 2.24) is 14.9 Å². The van der Waals surface area contributed by atoms with Gasteiger partial charge in [0.15, 0.2) is 0 Å². The zero-order valence-electron chi connectivity index (χ0n) is 12.6. The Labute approximate surface area is 121 Å². The number of piperazine rings is 1. The van der Waals surface area contributed by atoms with Crippen LogP contribution in [0.1, 0.15) is 25.3 Å². The lowest BCUT2D eigenvalue weighted by Gasteiger charge is -2.36. The van der Waals surface area contributed by atoms with E-state index in [-0.39, 0.29) is 0 Å². The first-order valence-corrected chi connectivity index (χ1v) is 7.80. The zero-order valence-corrected chi connectivity index (χ0v) is 12.6. The Bertz CT molecular complexity index is 450. The summed E-state index contributed by atoms with van der Waals surface area (Å²) in [6.07, 6.45) is 4.56. The number of rotatable bonds is 5. The normalized spacial score (nSPS) is 20.2. The molecule has 1 aromatic heterocycles. The van der Waals surface area contributed by atoms with E-state index < -0.39 is 0 Å². The van der Waals surface area contributed by atoms with Crippen molar-refractivity contribution in [2.75, 3.05) is 49.5 Å². The summed E-state index contributed by atoms with van der Waals surface area (Å²) in [7, 11) is 0. The summed E-state index contributed by atoms with van der Waals surface area (Å²) in [5.41, 5.74) is 1.17. The van der Waals surface area contributed by atoms with Crippen LogP contribution in [0.4, 0.5) is 11.6 Å². The van der Waals surface area contributed by atoms with Crippen LogP contribution in [0, 0.1) is 12.8 Å². The standard InChI is InChI=1S/C15H25N5/c1-3-16-14-12(2)15(18-11-17-14)20-8-6-19(7-9-20)10-13-4-5-13/h11,13H,3-10H2,1-2H3,(H,16,17,18). The number of hydrogen-bond acceptors (Lipinski definition) is 5. The van der Waals surface area contributed by atoms with Gasteiger partial charge in [0.1, 0.15) is 18.0 Å². The number of hydrogen-bond donors (Lipinski definition) is 1. The number of nitrogens with one attached hydrogen (secondary N) is 1. The first-order chi connectivity index (χ1) is 9.78. The largest absolute Gasteiger partial charge is 0.370 e. The predicted octanol–water partition coefficient (Wildman–Crippen LogP) is 1.75. The second-order valence-corrected chi connectivity index (χ2v) is 5.93. The fraction of sp³-hybridized carbons (Fsp3) is 0.733. The van der Waals surface area contributed by atoms with Crippen LogP contribution in [0.15, 0.2) is 6.33 Å². The van der Waals surface area contributed by atoms with Crippen LogP contribution in [0.3, 0.4) is 0 Å². The molecule has 0 bridgehead atoms. The lowest BCUT2D eigenvalue weighted by atomic mass is 10.2. The lowest BCUT2D eigenvalue weighted by Crippen LogP contribution is -2.47. The summed E-state index contributed by atoms with van der Waals surface area (Å²) in [5, 5.41) is 3.31. The van der Waals surface area contributed by atoms with E-state index in [0.29, 0.717) is 0 Å². The van der Waals surface area contributed by atoms with Crippen molar-refractivity contribution in [3.8, 4) is 0 Å². The molecule has 0 atom stereocenters. The van der Waals surface area contributed by atoms with Crippen LogP contribution in [-0.2, 0) is 0 Å². The van der Waals surface area contributed by atoms with E-state index in [9.17, 15) is 0 Å². The van der Waals surface area contributed by atoms with Gasteiger partial charge in [0.25, 0.3) is 0 Å². The quantitative estimate of drug-likeness (QED) is 0.887. The Morgan fingerprint density at radius 2 is 1.95 bits per heavy atom. The van der Waals surface area contributed by atoms with Gasteiger partial charge >= 0.3 is 0 Å². The van der Waals surface area contributed by atoms with Gasteiger partial charge in [-0.1, -0.05) is 0 Å². The lowest BCUT2D eigenvalue weighted by molar-refractivity contribution is 0.247. The smallest absolute Gasteiger partial charge is 0.137 e. The topological polar surface area (TPSA) is 44.3 Å². The van der Waals surface area contributed by atoms with Crippen molar-refractivity contribution < 1.29 is 0 Å². The molecule has 2 heterocycles. The average Bonchev–Trinajstić information content (AvgIpc) is 3.27. The van der Waals surface area contributed by atoms with Crippen LogP contribution >= 0.6 is 0 Å². The highest BCUT2D eigenvalue weighted by atomic mass is 15.3. The Kier molecular flexibility index (Phi) is 4.05. The monoisotopic (exact) mass is 275 g/mol. The van der Waals surface area contributed by atoms with Gasteiger partial charge in [-0.05, 0) is 32.6 Å². The molecule has 3 rings (SSSR count). The summed E-state index contributed by atoms with van der Waals surface area (Å²) in [6.45, 7) is 10.9. The highest BCUT2D eigenvalue weighted by molar-refractivity contribution is 5.58. The van der Waals surface area contributed by atoms with Gasteiger partial charge in [-0.2, -0.15) is 0 Å². The summed E-state index contributed by atoms with van der Waals surface area (Å²) in [5.74, 6) is 3.06. The molecule has 1 saturated heterocycles. The van der Waals surface area contributed by atoms with Crippen molar-refractivity contribution >= 4 is 11.6 Å². The summed E-state index contributed by atoms with van der Waals surface area (Å²) < 4.78 is 0. The number of anilines is 2. The molecule has 0 amide bonds. The molecule has 2 aliphatic rings. The van der Waals surface area contributed by atoms with E-state index in [1.54, 1.807) is 6.33 Å². The van der Waals surface area contributed by atoms with Crippen LogP contribution < -0.4 is 10.2 Å². The van der Waals surface area contributed by atoms with Crippen LogP contribution in [0.2, 0.25) is 0 Å². The predicted molar refractivity (Wildman–Crippen MR) is 82.3 cm³/mol. The summed E-state index contributed by atoms with van der Waals surface area (Å²) in [4.78, 5) is 13.8. The third-order valence-corrected chi connectivity index (χ3v) is 4.29. The van der Waals surface area contributed by atoms with Crippen molar-refractivity contribution in [2.45, 2.75) is 26.7 Å². The van der Waals surface area contributed by atoms with Crippen LogP contribution in [0.25, 0.3) is 0 Å². The molecule has 1 N–H and O–H groups in total. The third kappa shape index (κ3) is 3.03. The molecule has 2 fully saturated rings. The second kappa shape index (κ2) is 5.95. The highest BCUT2D eigenvalue weighted by Gasteiger charge is 2.27. The van der Waals surface area contributed by atoms with Crippen LogP contribution in [0.5, 0.6) is 0 Å². The molecule has 20 heavy (non-hydrogen) atoms. The first kappa shape index (κ1) is 13.6. The van der Waals surface area contributed by atoms with Crippen molar-refractivity contribution in [2.24, 2.45) is 5.92 Å².